The summed E-state index contributed by atoms with van der Waals surface area (Å²) >= 11 is 0. The summed E-state index contributed by atoms with van der Waals surface area (Å²) in [6, 6.07) is 0. The largest absolute Gasteiger partial charge is 0.331 e. The Kier molecular flexibility index (Phi) is 14.7. The molecule has 0 aromatic heterocycles. The van der Waals surface area contributed by atoms with Gasteiger partial charge in [-0.15, -0.1) is 0 Å². The maximum Gasteiger partial charge on any atom is 0.0394 e. The van der Waals surface area contributed by atoms with Crippen LogP contribution in [0, 0.1) is 0 Å². The molecule has 2 N–H and O–H groups in total. The Balaban J connectivity index is 0. The van der Waals surface area contributed by atoms with Crippen molar-refractivity contribution in [3.63, 3.8) is 0 Å². The zero-order chi connectivity index (χ0) is 9.11. The summed E-state index contributed by atoms with van der Waals surface area (Å²) in [7, 11) is 4.12. The first-order valence-electron chi connectivity index (χ1n) is 3.96. The highest BCUT2D eigenvalue weighted by Crippen LogP contribution is 1.81. The third-order valence-corrected chi connectivity index (χ3v) is 0.922. The van der Waals surface area contributed by atoms with Crippen LogP contribution in [0.2, 0.25) is 0 Å². The van der Waals surface area contributed by atoms with Crippen LogP contribution in [0.15, 0.2) is 4.99 Å². The topological polar surface area (TPSA) is 41.6 Å². The lowest BCUT2D eigenvalue weighted by Crippen LogP contribution is -2.13. The summed E-state index contributed by atoms with van der Waals surface area (Å²) in [5.74, 6) is 0. The van der Waals surface area contributed by atoms with E-state index in [0.29, 0.717) is 0 Å². The fraction of sp³-hybridized carbons (Fsp3) is 0.875. The molecule has 0 aromatic rings. The van der Waals surface area contributed by atoms with Crippen LogP contribution in [0.25, 0.3) is 0 Å². The van der Waals surface area contributed by atoms with Crippen LogP contribution in [-0.4, -0.2) is 45.3 Å². The molecule has 3 heteroatoms. The molecule has 0 unspecified atom stereocenters. The van der Waals surface area contributed by atoms with Crippen molar-refractivity contribution in [1.29, 1.82) is 0 Å². The SMILES string of the molecule is C=NCCCN(C)C.CCN. The van der Waals surface area contributed by atoms with Gasteiger partial charge >= 0.3 is 0 Å². The molecule has 0 aromatic carbocycles. The highest BCUT2D eigenvalue weighted by Gasteiger charge is 1.85. The van der Waals surface area contributed by atoms with Gasteiger partial charge in [0.2, 0.25) is 0 Å². The molecular formula is C8H21N3. The molecule has 0 radical (unpaired) electrons. The van der Waals surface area contributed by atoms with E-state index < -0.39 is 0 Å². The van der Waals surface area contributed by atoms with Crippen LogP contribution < -0.4 is 5.73 Å². The van der Waals surface area contributed by atoms with E-state index >= 15 is 0 Å². The van der Waals surface area contributed by atoms with Crippen LogP contribution >= 0.6 is 0 Å². The van der Waals surface area contributed by atoms with Crippen LogP contribution in [0.3, 0.4) is 0 Å². The van der Waals surface area contributed by atoms with E-state index in [4.69, 9.17) is 5.73 Å². The predicted molar refractivity (Wildman–Crippen MR) is 52.3 cm³/mol. The fourth-order valence-corrected chi connectivity index (χ4v) is 0.499. The minimum Gasteiger partial charge on any atom is -0.331 e. The molecule has 0 saturated heterocycles. The second-order valence-corrected chi connectivity index (χ2v) is 2.51. The predicted octanol–water partition coefficient (Wildman–Crippen LogP) is 0.604. The molecule has 68 valence electrons. The normalized spacial score (nSPS) is 8.82. The van der Waals surface area contributed by atoms with E-state index in [0.717, 1.165) is 26.1 Å². The van der Waals surface area contributed by atoms with Gasteiger partial charge < -0.3 is 15.6 Å². The summed E-state index contributed by atoms with van der Waals surface area (Å²) in [5.41, 5.74) is 4.85. The zero-order valence-electron chi connectivity index (χ0n) is 8.01. The van der Waals surface area contributed by atoms with Crippen molar-refractivity contribution in [3.05, 3.63) is 0 Å². The summed E-state index contributed by atoms with van der Waals surface area (Å²) in [6.45, 7) is 8.04. The summed E-state index contributed by atoms with van der Waals surface area (Å²) < 4.78 is 0. The molecule has 0 rings (SSSR count). The molecule has 0 bridgehead atoms. The van der Waals surface area contributed by atoms with E-state index in [2.05, 4.69) is 30.7 Å². The van der Waals surface area contributed by atoms with Gasteiger partial charge in [-0.2, -0.15) is 0 Å². The van der Waals surface area contributed by atoms with Gasteiger partial charge in [0, 0.05) is 6.54 Å². The molecule has 0 amide bonds. The first kappa shape index (κ1) is 13.2. The van der Waals surface area contributed by atoms with Crippen molar-refractivity contribution >= 4 is 6.72 Å². The Morgan fingerprint density at radius 2 is 1.91 bits per heavy atom. The lowest BCUT2D eigenvalue weighted by atomic mass is 10.4. The van der Waals surface area contributed by atoms with Gasteiger partial charge in [0.1, 0.15) is 0 Å². The lowest BCUT2D eigenvalue weighted by Gasteiger charge is -2.05. The quantitative estimate of drug-likeness (QED) is 0.482. The molecule has 0 spiro atoms. The maximum absolute atomic E-state index is 4.85. The van der Waals surface area contributed by atoms with Crippen molar-refractivity contribution in [2.24, 2.45) is 10.7 Å². The molecule has 0 saturated carbocycles. The standard InChI is InChI=1S/C6H14N2.C2H7N/c1-7-5-4-6-8(2)3;1-2-3/h1,4-6H2,2-3H3;2-3H2,1H3. The molecule has 0 aliphatic carbocycles. The molecule has 0 aliphatic heterocycles. The highest BCUT2D eigenvalue weighted by atomic mass is 15.0. The zero-order valence-corrected chi connectivity index (χ0v) is 8.01. The summed E-state index contributed by atoms with van der Waals surface area (Å²) in [4.78, 5) is 5.88. The van der Waals surface area contributed by atoms with Gasteiger partial charge in [-0.25, -0.2) is 0 Å². The average molecular weight is 159 g/mol. The van der Waals surface area contributed by atoms with Crippen molar-refractivity contribution in [2.45, 2.75) is 13.3 Å². The van der Waals surface area contributed by atoms with Gasteiger partial charge in [-0.05, 0) is 40.3 Å². The van der Waals surface area contributed by atoms with E-state index in [-0.39, 0.29) is 0 Å². The van der Waals surface area contributed by atoms with Crippen molar-refractivity contribution in [2.75, 3.05) is 33.7 Å². The van der Waals surface area contributed by atoms with Gasteiger partial charge in [0.15, 0.2) is 0 Å². The van der Waals surface area contributed by atoms with Crippen molar-refractivity contribution < 1.29 is 0 Å². The van der Waals surface area contributed by atoms with Crippen LogP contribution in [0.5, 0.6) is 0 Å². The summed E-state index contributed by atoms with van der Waals surface area (Å²) in [6.07, 6.45) is 1.12. The minimum atomic E-state index is 0.750. The highest BCUT2D eigenvalue weighted by molar-refractivity contribution is 5.22. The molecule has 11 heavy (non-hydrogen) atoms. The Morgan fingerprint density at radius 3 is 2.18 bits per heavy atom. The Labute approximate surface area is 70.3 Å². The molecule has 0 fully saturated rings. The first-order chi connectivity index (χ1) is 5.18. The Hall–Kier alpha value is -0.410. The number of nitrogens with two attached hydrogens (primary N) is 1. The monoisotopic (exact) mass is 159 g/mol. The Morgan fingerprint density at radius 1 is 1.45 bits per heavy atom. The number of aliphatic imine (C=N–C) groups is 1. The third-order valence-electron chi connectivity index (χ3n) is 0.922. The van der Waals surface area contributed by atoms with Gasteiger partial charge in [-0.3, -0.25) is 0 Å². The molecule has 0 heterocycles. The third kappa shape index (κ3) is 26.2. The fourth-order valence-electron chi connectivity index (χ4n) is 0.499. The van der Waals surface area contributed by atoms with Gasteiger partial charge in [-0.1, -0.05) is 6.92 Å². The van der Waals surface area contributed by atoms with Crippen LogP contribution in [0.4, 0.5) is 0 Å². The van der Waals surface area contributed by atoms with Crippen LogP contribution in [0.1, 0.15) is 13.3 Å². The molecule has 0 aliphatic rings. The van der Waals surface area contributed by atoms with E-state index in [1.807, 2.05) is 6.92 Å². The van der Waals surface area contributed by atoms with Crippen molar-refractivity contribution in [1.82, 2.24) is 4.90 Å². The maximum atomic E-state index is 4.85. The van der Waals surface area contributed by atoms with Crippen molar-refractivity contribution in [3.8, 4) is 0 Å². The van der Waals surface area contributed by atoms with Gasteiger partial charge in [0.25, 0.3) is 0 Å². The minimum absolute atomic E-state index is 0.750. The molecular weight excluding hydrogens is 138 g/mol. The number of rotatable bonds is 4. The second-order valence-electron chi connectivity index (χ2n) is 2.51. The van der Waals surface area contributed by atoms with E-state index in [1.165, 1.54) is 0 Å². The molecule has 0 atom stereocenters. The summed E-state index contributed by atoms with van der Waals surface area (Å²) in [5, 5.41) is 0. The average Bonchev–Trinajstić information content (AvgIpc) is 1.89. The number of nitrogens with zero attached hydrogens (tertiary/aromatic N) is 2. The number of hydrogen-bond donors (Lipinski definition) is 1. The van der Waals surface area contributed by atoms with E-state index in [1.54, 1.807) is 0 Å². The molecule has 3 nitrogen and oxygen atoms in total. The lowest BCUT2D eigenvalue weighted by molar-refractivity contribution is 0.403. The smallest absolute Gasteiger partial charge is 0.0394 e. The Bertz CT molecular complexity index is 71.7. The van der Waals surface area contributed by atoms with Gasteiger partial charge in [0.05, 0.1) is 0 Å². The van der Waals surface area contributed by atoms with E-state index in [9.17, 15) is 0 Å². The van der Waals surface area contributed by atoms with Crippen LogP contribution in [-0.2, 0) is 0 Å². The number of hydrogen-bond acceptors (Lipinski definition) is 3. The second kappa shape index (κ2) is 12.3. The first-order valence-corrected chi connectivity index (χ1v) is 3.96.